The molecule has 1 aromatic heterocycles. The van der Waals surface area contributed by atoms with Gasteiger partial charge in [-0.05, 0) is 18.1 Å². The number of H-pyrrole nitrogens is 1. The van der Waals surface area contributed by atoms with Crippen molar-refractivity contribution in [3.63, 3.8) is 0 Å². The molecule has 2 aromatic rings. The summed E-state index contributed by atoms with van der Waals surface area (Å²) in [6.45, 7) is 3.99. The number of carbonyl (C=O) groups is 2. The van der Waals surface area contributed by atoms with E-state index in [0.29, 0.717) is 19.4 Å². The predicted molar refractivity (Wildman–Crippen MR) is 93.5 cm³/mol. The normalized spacial score (nSPS) is 12.3. The first kappa shape index (κ1) is 18.0. The number of amides is 2. The van der Waals surface area contributed by atoms with Crippen molar-refractivity contribution in [2.45, 2.75) is 32.7 Å². The number of aliphatic hydroxyl groups is 1. The van der Waals surface area contributed by atoms with Crippen LogP contribution in [0, 0.1) is 5.92 Å². The van der Waals surface area contributed by atoms with Crippen molar-refractivity contribution in [1.29, 1.82) is 0 Å². The number of carbonyl (C=O) groups excluding carboxylic acids is 2. The fourth-order valence-corrected chi connectivity index (χ4v) is 2.48. The molecule has 0 aliphatic carbocycles. The van der Waals surface area contributed by atoms with Crippen LogP contribution in [0.3, 0.4) is 0 Å². The minimum atomic E-state index is -0.641. The van der Waals surface area contributed by atoms with E-state index in [1.54, 1.807) is 13.8 Å². The Labute approximate surface area is 141 Å². The molecule has 24 heavy (non-hydrogen) atoms. The number of fused-ring (bicyclic) bond motifs is 1. The maximum absolute atomic E-state index is 12.4. The van der Waals surface area contributed by atoms with Crippen molar-refractivity contribution < 1.29 is 14.7 Å². The molecule has 6 heteroatoms. The monoisotopic (exact) mass is 331 g/mol. The predicted octanol–water partition coefficient (Wildman–Crippen LogP) is 1.35. The molecule has 0 saturated carbocycles. The second kappa shape index (κ2) is 8.49. The number of aliphatic hydroxyl groups excluding tert-OH is 1. The second-order valence-electron chi connectivity index (χ2n) is 6.15. The minimum absolute atomic E-state index is 0.0196. The van der Waals surface area contributed by atoms with Gasteiger partial charge in [0.25, 0.3) is 0 Å². The molecule has 0 radical (unpaired) electrons. The van der Waals surface area contributed by atoms with Gasteiger partial charge in [0.1, 0.15) is 6.04 Å². The van der Waals surface area contributed by atoms with Gasteiger partial charge in [-0.2, -0.15) is 0 Å². The highest BCUT2D eigenvalue weighted by molar-refractivity contribution is 5.90. The highest BCUT2D eigenvalue weighted by Crippen LogP contribution is 2.19. The Morgan fingerprint density at radius 2 is 1.96 bits per heavy atom. The SMILES string of the molecule is CC(C)C(=O)NC(Cc1c[nH]c2ccccc12)C(=O)NCCCO. The van der Waals surface area contributed by atoms with Crippen LogP contribution in [0.25, 0.3) is 10.9 Å². The average molecular weight is 331 g/mol. The van der Waals surface area contributed by atoms with Crippen LogP contribution in [0.2, 0.25) is 0 Å². The summed E-state index contributed by atoms with van der Waals surface area (Å²) >= 11 is 0. The summed E-state index contributed by atoms with van der Waals surface area (Å²) in [7, 11) is 0. The Morgan fingerprint density at radius 1 is 1.21 bits per heavy atom. The molecule has 1 aromatic carbocycles. The van der Waals surface area contributed by atoms with Crippen molar-refractivity contribution in [3.8, 4) is 0 Å². The molecule has 2 amide bonds. The molecule has 0 fully saturated rings. The maximum atomic E-state index is 12.4. The van der Waals surface area contributed by atoms with E-state index in [9.17, 15) is 9.59 Å². The van der Waals surface area contributed by atoms with E-state index in [0.717, 1.165) is 16.5 Å². The number of rotatable bonds is 8. The van der Waals surface area contributed by atoms with Gasteiger partial charge in [0, 0.05) is 42.6 Å². The van der Waals surface area contributed by atoms with E-state index < -0.39 is 6.04 Å². The van der Waals surface area contributed by atoms with Gasteiger partial charge in [-0.1, -0.05) is 32.0 Å². The van der Waals surface area contributed by atoms with Crippen LogP contribution in [0.5, 0.6) is 0 Å². The fraction of sp³-hybridized carbons (Fsp3) is 0.444. The standard InChI is InChI=1S/C18H25N3O3/c1-12(2)17(23)21-16(18(24)19-8-5-9-22)10-13-11-20-15-7-4-3-6-14(13)15/h3-4,6-7,11-12,16,20,22H,5,8-10H2,1-2H3,(H,19,24)(H,21,23). The zero-order chi connectivity index (χ0) is 17.5. The third kappa shape index (κ3) is 4.58. The summed E-state index contributed by atoms with van der Waals surface area (Å²) in [6.07, 6.45) is 2.78. The molecule has 0 saturated heterocycles. The van der Waals surface area contributed by atoms with E-state index in [2.05, 4.69) is 15.6 Å². The maximum Gasteiger partial charge on any atom is 0.242 e. The van der Waals surface area contributed by atoms with E-state index >= 15 is 0 Å². The molecule has 2 rings (SSSR count). The molecule has 130 valence electrons. The van der Waals surface area contributed by atoms with Crippen LogP contribution in [0.15, 0.2) is 30.5 Å². The largest absolute Gasteiger partial charge is 0.396 e. The van der Waals surface area contributed by atoms with Crippen molar-refractivity contribution in [2.24, 2.45) is 5.92 Å². The number of para-hydroxylation sites is 1. The van der Waals surface area contributed by atoms with Crippen LogP contribution < -0.4 is 10.6 Å². The van der Waals surface area contributed by atoms with Crippen LogP contribution in [0.4, 0.5) is 0 Å². The number of hydrogen-bond acceptors (Lipinski definition) is 3. The lowest BCUT2D eigenvalue weighted by Crippen LogP contribution is -2.49. The minimum Gasteiger partial charge on any atom is -0.396 e. The van der Waals surface area contributed by atoms with E-state index in [-0.39, 0.29) is 24.3 Å². The van der Waals surface area contributed by atoms with Crippen molar-refractivity contribution >= 4 is 22.7 Å². The fourth-order valence-electron chi connectivity index (χ4n) is 2.48. The molecule has 1 atom stereocenters. The Bertz CT molecular complexity index is 694. The number of hydrogen-bond donors (Lipinski definition) is 4. The van der Waals surface area contributed by atoms with Gasteiger partial charge in [0.15, 0.2) is 0 Å². The lowest BCUT2D eigenvalue weighted by atomic mass is 10.0. The molecule has 0 aliphatic heterocycles. The highest BCUT2D eigenvalue weighted by atomic mass is 16.3. The van der Waals surface area contributed by atoms with Gasteiger partial charge in [-0.25, -0.2) is 0 Å². The zero-order valence-corrected chi connectivity index (χ0v) is 14.1. The zero-order valence-electron chi connectivity index (χ0n) is 14.1. The van der Waals surface area contributed by atoms with Crippen LogP contribution in [-0.2, 0) is 16.0 Å². The van der Waals surface area contributed by atoms with Crippen molar-refractivity contribution in [2.75, 3.05) is 13.2 Å². The molecule has 4 N–H and O–H groups in total. The first-order valence-corrected chi connectivity index (χ1v) is 8.27. The molecule has 1 unspecified atom stereocenters. The second-order valence-corrected chi connectivity index (χ2v) is 6.15. The quantitative estimate of drug-likeness (QED) is 0.550. The van der Waals surface area contributed by atoms with Crippen LogP contribution in [-0.4, -0.2) is 41.1 Å². The Morgan fingerprint density at radius 3 is 2.67 bits per heavy atom. The van der Waals surface area contributed by atoms with Gasteiger partial charge < -0.3 is 20.7 Å². The van der Waals surface area contributed by atoms with E-state index in [1.165, 1.54) is 0 Å². The summed E-state index contributed by atoms with van der Waals surface area (Å²) in [5.74, 6) is -0.583. The topological polar surface area (TPSA) is 94.2 Å². The van der Waals surface area contributed by atoms with Crippen LogP contribution in [0.1, 0.15) is 25.8 Å². The lowest BCUT2D eigenvalue weighted by molar-refractivity contribution is -0.130. The number of nitrogens with one attached hydrogen (secondary N) is 3. The van der Waals surface area contributed by atoms with Gasteiger partial charge in [0.05, 0.1) is 0 Å². The molecule has 0 bridgehead atoms. The Kier molecular flexibility index (Phi) is 6.37. The summed E-state index contributed by atoms with van der Waals surface area (Å²) in [5, 5.41) is 15.5. The number of benzene rings is 1. The lowest BCUT2D eigenvalue weighted by Gasteiger charge is -2.19. The molecule has 0 aliphatic rings. The molecular weight excluding hydrogens is 306 g/mol. The van der Waals surface area contributed by atoms with Gasteiger partial charge in [-0.3, -0.25) is 9.59 Å². The van der Waals surface area contributed by atoms with Gasteiger partial charge in [-0.15, -0.1) is 0 Å². The smallest absolute Gasteiger partial charge is 0.242 e. The molecule has 0 spiro atoms. The highest BCUT2D eigenvalue weighted by Gasteiger charge is 2.23. The number of aromatic nitrogens is 1. The van der Waals surface area contributed by atoms with Gasteiger partial charge >= 0.3 is 0 Å². The third-order valence-electron chi connectivity index (χ3n) is 3.89. The molecule has 6 nitrogen and oxygen atoms in total. The Hall–Kier alpha value is -2.34. The van der Waals surface area contributed by atoms with Crippen molar-refractivity contribution in [3.05, 3.63) is 36.0 Å². The van der Waals surface area contributed by atoms with Gasteiger partial charge in [0.2, 0.25) is 11.8 Å². The van der Waals surface area contributed by atoms with E-state index in [4.69, 9.17) is 5.11 Å². The number of aromatic amines is 1. The average Bonchev–Trinajstić information content (AvgIpc) is 2.97. The van der Waals surface area contributed by atoms with Crippen molar-refractivity contribution in [1.82, 2.24) is 15.6 Å². The van der Waals surface area contributed by atoms with Crippen LogP contribution >= 0.6 is 0 Å². The summed E-state index contributed by atoms with van der Waals surface area (Å²) in [4.78, 5) is 27.6. The first-order valence-electron chi connectivity index (χ1n) is 8.27. The van der Waals surface area contributed by atoms with E-state index in [1.807, 2.05) is 30.5 Å². The summed E-state index contributed by atoms with van der Waals surface area (Å²) in [6, 6.07) is 7.22. The summed E-state index contributed by atoms with van der Waals surface area (Å²) in [5.41, 5.74) is 1.99. The first-order chi connectivity index (χ1) is 11.5. The third-order valence-corrected chi connectivity index (χ3v) is 3.89. The molecular formula is C18H25N3O3. The molecule has 1 heterocycles. The summed E-state index contributed by atoms with van der Waals surface area (Å²) < 4.78 is 0. The Balaban J connectivity index is 2.15.